The predicted octanol–water partition coefficient (Wildman–Crippen LogP) is 1.67. The maximum Gasteiger partial charge on any atom is 0.243 e. The van der Waals surface area contributed by atoms with Crippen molar-refractivity contribution in [3.05, 3.63) is 28.5 Å². The number of benzene rings is 1. The Morgan fingerprint density at radius 2 is 2.15 bits per heavy atom. The van der Waals surface area contributed by atoms with Gasteiger partial charge in [-0.2, -0.15) is 0 Å². The van der Waals surface area contributed by atoms with Crippen molar-refractivity contribution in [1.29, 1.82) is 0 Å². The van der Waals surface area contributed by atoms with Crippen molar-refractivity contribution in [3.8, 4) is 0 Å². The molecule has 0 radical (unpaired) electrons. The molecule has 0 aromatic heterocycles. The van der Waals surface area contributed by atoms with Crippen LogP contribution in [0.4, 0.5) is 4.39 Å². The third-order valence-electron chi connectivity index (χ3n) is 2.47. The minimum Gasteiger partial charge on any atom is -0.392 e. The molecule has 1 rings (SSSR count). The van der Waals surface area contributed by atoms with Crippen LogP contribution in [0.1, 0.15) is 19.4 Å². The standard InChI is InChI=1S/C12H17ClFNO4S/c1-3-19-7-8(2)15-20(17,18)11-5-10(13)4-9(6-16)12(11)14/h4-5,8,15-16H,3,6-7H2,1-2H3. The fourth-order valence-corrected chi connectivity index (χ4v) is 3.27. The van der Waals surface area contributed by atoms with Crippen LogP contribution in [-0.4, -0.2) is 32.8 Å². The summed E-state index contributed by atoms with van der Waals surface area (Å²) in [4.78, 5) is -0.586. The van der Waals surface area contributed by atoms with Crippen LogP contribution in [0.15, 0.2) is 17.0 Å². The molecule has 0 aliphatic heterocycles. The largest absolute Gasteiger partial charge is 0.392 e. The monoisotopic (exact) mass is 325 g/mol. The van der Waals surface area contributed by atoms with Gasteiger partial charge in [0.2, 0.25) is 10.0 Å². The highest BCUT2D eigenvalue weighted by Gasteiger charge is 2.24. The summed E-state index contributed by atoms with van der Waals surface area (Å²) < 4.78 is 45.6. The number of aliphatic hydroxyl groups is 1. The predicted molar refractivity (Wildman–Crippen MR) is 73.6 cm³/mol. The van der Waals surface area contributed by atoms with Gasteiger partial charge in [-0.25, -0.2) is 17.5 Å². The average molecular weight is 326 g/mol. The molecule has 1 aromatic rings. The lowest BCUT2D eigenvalue weighted by atomic mass is 10.2. The normalized spacial score (nSPS) is 13.4. The highest BCUT2D eigenvalue weighted by atomic mass is 35.5. The second kappa shape index (κ2) is 7.33. The number of nitrogens with one attached hydrogen (secondary N) is 1. The zero-order valence-electron chi connectivity index (χ0n) is 11.2. The van der Waals surface area contributed by atoms with Crippen molar-refractivity contribution in [2.45, 2.75) is 31.4 Å². The molecule has 1 atom stereocenters. The van der Waals surface area contributed by atoms with Crippen molar-refractivity contribution in [1.82, 2.24) is 4.72 Å². The van der Waals surface area contributed by atoms with Crippen molar-refractivity contribution in [2.75, 3.05) is 13.2 Å². The quantitative estimate of drug-likeness (QED) is 0.799. The Hall–Kier alpha value is -0.730. The van der Waals surface area contributed by atoms with E-state index in [0.29, 0.717) is 6.61 Å². The molecule has 114 valence electrons. The lowest BCUT2D eigenvalue weighted by Crippen LogP contribution is -2.36. The van der Waals surface area contributed by atoms with Gasteiger partial charge in [-0.15, -0.1) is 0 Å². The molecule has 1 unspecified atom stereocenters. The molecule has 0 aliphatic carbocycles. The van der Waals surface area contributed by atoms with Gasteiger partial charge in [0.25, 0.3) is 0 Å². The SMILES string of the molecule is CCOCC(C)NS(=O)(=O)c1cc(Cl)cc(CO)c1F. The minimum atomic E-state index is -4.08. The smallest absolute Gasteiger partial charge is 0.243 e. The molecular formula is C12H17ClFNO4S. The van der Waals surface area contributed by atoms with Gasteiger partial charge < -0.3 is 9.84 Å². The van der Waals surface area contributed by atoms with E-state index in [9.17, 15) is 12.8 Å². The lowest BCUT2D eigenvalue weighted by molar-refractivity contribution is 0.133. The van der Waals surface area contributed by atoms with Crippen LogP contribution >= 0.6 is 11.6 Å². The molecule has 0 bridgehead atoms. The van der Waals surface area contributed by atoms with E-state index in [1.54, 1.807) is 13.8 Å². The van der Waals surface area contributed by atoms with Crippen LogP contribution in [0, 0.1) is 5.82 Å². The number of rotatable bonds is 7. The molecular weight excluding hydrogens is 309 g/mol. The van der Waals surface area contributed by atoms with E-state index in [4.69, 9.17) is 21.4 Å². The Balaban J connectivity index is 3.06. The minimum absolute atomic E-state index is 0.0355. The van der Waals surface area contributed by atoms with Crippen molar-refractivity contribution in [3.63, 3.8) is 0 Å². The van der Waals surface area contributed by atoms with Gasteiger partial charge in [0, 0.05) is 23.2 Å². The summed E-state index contributed by atoms with van der Waals surface area (Å²) in [7, 11) is -4.08. The summed E-state index contributed by atoms with van der Waals surface area (Å²) in [5.41, 5.74) is -0.171. The van der Waals surface area contributed by atoms with E-state index in [2.05, 4.69) is 4.72 Å². The maximum absolute atomic E-state index is 14.0. The molecule has 2 N–H and O–H groups in total. The third-order valence-corrected chi connectivity index (χ3v) is 4.27. The van der Waals surface area contributed by atoms with Gasteiger partial charge in [-0.05, 0) is 26.0 Å². The zero-order valence-corrected chi connectivity index (χ0v) is 12.8. The first-order valence-electron chi connectivity index (χ1n) is 6.00. The van der Waals surface area contributed by atoms with Gasteiger partial charge in [0.1, 0.15) is 10.7 Å². The van der Waals surface area contributed by atoms with Crippen molar-refractivity contribution >= 4 is 21.6 Å². The fourth-order valence-electron chi connectivity index (χ4n) is 1.59. The van der Waals surface area contributed by atoms with Gasteiger partial charge in [0.05, 0.1) is 13.2 Å². The molecule has 8 heteroatoms. The van der Waals surface area contributed by atoms with Gasteiger partial charge in [0.15, 0.2) is 0 Å². The molecule has 0 spiro atoms. The molecule has 0 heterocycles. The van der Waals surface area contributed by atoms with Crippen LogP contribution in [-0.2, 0) is 21.4 Å². The number of halogens is 2. The van der Waals surface area contributed by atoms with Crippen LogP contribution in [0.3, 0.4) is 0 Å². The molecule has 0 saturated carbocycles. The zero-order chi connectivity index (χ0) is 15.3. The first-order chi connectivity index (χ1) is 9.31. The Labute approximate surface area is 122 Å². The Morgan fingerprint density at radius 3 is 2.70 bits per heavy atom. The first-order valence-corrected chi connectivity index (χ1v) is 7.86. The van der Waals surface area contributed by atoms with Gasteiger partial charge >= 0.3 is 0 Å². The van der Waals surface area contributed by atoms with E-state index in [1.807, 2.05) is 0 Å². The molecule has 20 heavy (non-hydrogen) atoms. The second-order valence-electron chi connectivity index (χ2n) is 4.22. The molecule has 1 aromatic carbocycles. The third kappa shape index (κ3) is 4.39. The van der Waals surface area contributed by atoms with Crippen LogP contribution < -0.4 is 4.72 Å². The van der Waals surface area contributed by atoms with Crippen molar-refractivity contribution in [2.24, 2.45) is 0 Å². The summed E-state index contributed by atoms with van der Waals surface area (Å²) in [6.45, 7) is 3.37. The Bertz CT molecular complexity index is 565. The Kier molecular flexibility index (Phi) is 6.35. The van der Waals surface area contributed by atoms with Crippen molar-refractivity contribution < 1.29 is 22.7 Å². The van der Waals surface area contributed by atoms with E-state index in [1.165, 1.54) is 6.07 Å². The lowest BCUT2D eigenvalue weighted by Gasteiger charge is -2.15. The number of hydrogen-bond donors (Lipinski definition) is 2. The van der Waals surface area contributed by atoms with Gasteiger partial charge in [-0.3, -0.25) is 0 Å². The van der Waals surface area contributed by atoms with Crippen LogP contribution in [0.25, 0.3) is 0 Å². The highest BCUT2D eigenvalue weighted by Crippen LogP contribution is 2.24. The molecule has 0 saturated heterocycles. The summed E-state index contributed by atoms with van der Waals surface area (Å²) in [6, 6.07) is 1.67. The van der Waals surface area contributed by atoms with E-state index >= 15 is 0 Å². The summed E-state index contributed by atoms with van der Waals surface area (Å²) in [5.74, 6) is -1.01. The van der Waals surface area contributed by atoms with E-state index < -0.39 is 33.4 Å². The summed E-state index contributed by atoms with van der Waals surface area (Å²) in [5, 5.41) is 9.03. The Morgan fingerprint density at radius 1 is 1.50 bits per heavy atom. The second-order valence-corrected chi connectivity index (χ2v) is 6.34. The van der Waals surface area contributed by atoms with Gasteiger partial charge in [-0.1, -0.05) is 11.6 Å². The number of hydrogen-bond acceptors (Lipinski definition) is 4. The topological polar surface area (TPSA) is 75.6 Å². The number of aliphatic hydroxyl groups excluding tert-OH is 1. The number of ether oxygens (including phenoxy) is 1. The first kappa shape index (κ1) is 17.3. The van der Waals surface area contributed by atoms with E-state index in [-0.39, 0.29) is 17.2 Å². The van der Waals surface area contributed by atoms with Crippen LogP contribution in [0.2, 0.25) is 5.02 Å². The fraction of sp³-hybridized carbons (Fsp3) is 0.500. The highest BCUT2D eigenvalue weighted by molar-refractivity contribution is 7.89. The molecule has 0 amide bonds. The summed E-state index contributed by atoms with van der Waals surface area (Å²) >= 11 is 5.73. The van der Waals surface area contributed by atoms with E-state index in [0.717, 1.165) is 6.07 Å². The maximum atomic E-state index is 14.0. The number of sulfonamides is 1. The summed E-state index contributed by atoms with van der Waals surface area (Å²) in [6.07, 6.45) is 0. The molecule has 0 fully saturated rings. The average Bonchev–Trinajstić information content (AvgIpc) is 2.37. The van der Waals surface area contributed by atoms with Crippen LogP contribution in [0.5, 0.6) is 0 Å². The molecule has 0 aliphatic rings. The molecule has 5 nitrogen and oxygen atoms in total.